The Balaban J connectivity index is 1.19. The largest absolute Gasteiger partial charge is 0.371 e. The van der Waals surface area contributed by atoms with Crippen LogP contribution in [-0.2, 0) is 4.79 Å². The molecule has 2 aromatic rings. The van der Waals surface area contributed by atoms with E-state index < -0.39 is 0 Å². The number of pyridine rings is 1. The van der Waals surface area contributed by atoms with Crippen LogP contribution in [0.25, 0.3) is 0 Å². The van der Waals surface area contributed by atoms with Gasteiger partial charge in [0.2, 0.25) is 5.91 Å². The van der Waals surface area contributed by atoms with Gasteiger partial charge in [-0.1, -0.05) is 12.1 Å². The number of aryl methyl sites for hydroxylation is 1. The van der Waals surface area contributed by atoms with Crippen molar-refractivity contribution in [1.82, 2.24) is 15.2 Å². The topological polar surface area (TPSA) is 51.7 Å². The number of piperidine rings is 1. The van der Waals surface area contributed by atoms with E-state index in [4.69, 9.17) is 0 Å². The van der Waals surface area contributed by atoms with Crippen molar-refractivity contribution in [2.45, 2.75) is 26.7 Å². The minimum absolute atomic E-state index is 0.0723. The third-order valence-corrected chi connectivity index (χ3v) is 6.84. The van der Waals surface area contributed by atoms with Crippen LogP contribution in [0.1, 0.15) is 24.0 Å². The monoisotopic (exact) mass is 421 g/mol. The highest BCUT2D eigenvalue weighted by atomic mass is 16.1. The van der Waals surface area contributed by atoms with Gasteiger partial charge in [-0.25, -0.2) is 0 Å². The molecule has 31 heavy (non-hydrogen) atoms. The van der Waals surface area contributed by atoms with E-state index in [0.717, 1.165) is 70.9 Å². The van der Waals surface area contributed by atoms with Crippen LogP contribution >= 0.6 is 0 Å². The van der Waals surface area contributed by atoms with Crippen molar-refractivity contribution in [3.05, 3.63) is 53.9 Å². The predicted molar refractivity (Wildman–Crippen MR) is 127 cm³/mol. The molecule has 1 aromatic heterocycles. The number of rotatable bonds is 6. The van der Waals surface area contributed by atoms with Crippen molar-refractivity contribution in [2.24, 2.45) is 5.92 Å². The third kappa shape index (κ3) is 5.37. The fourth-order valence-corrected chi connectivity index (χ4v) is 4.75. The summed E-state index contributed by atoms with van der Waals surface area (Å²) >= 11 is 0. The molecule has 0 aliphatic carbocycles. The first-order chi connectivity index (χ1) is 15.1. The average molecular weight is 422 g/mol. The van der Waals surface area contributed by atoms with Gasteiger partial charge in [0.05, 0.1) is 5.92 Å². The van der Waals surface area contributed by atoms with Crippen LogP contribution in [0.15, 0.2) is 42.7 Å². The molecule has 6 nitrogen and oxygen atoms in total. The number of nitrogens with zero attached hydrogens (tertiary/aromatic N) is 4. The maximum atomic E-state index is 12.7. The van der Waals surface area contributed by atoms with Crippen molar-refractivity contribution < 1.29 is 4.79 Å². The molecule has 1 aromatic carbocycles. The first-order valence-corrected chi connectivity index (χ1v) is 11.6. The molecule has 0 radical (unpaired) electrons. The zero-order chi connectivity index (χ0) is 21.6. The molecule has 0 bridgehead atoms. The Labute approximate surface area is 186 Å². The minimum atomic E-state index is 0.0723. The van der Waals surface area contributed by atoms with Crippen LogP contribution in [0.4, 0.5) is 11.4 Å². The van der Waals surface area contributed by atoms with Gasteiger partial charge in [-0.3, -0.25) is 14.7 Å². The number of carbonyl (C=O) groups excluding carboxylic acids is 1. The molecule has 3 heterocycles. The number of benzene rings is 1. The summed E-state index contributed by atoms with van der Waals surface area (Å²) in [6.45, 7) is 12.0. The molecular weight excluding hydrogens is 386 g/mol. The number of nitrogens with one attached hydrogen (secondary N) is 1. The molecule has 1 atom stereocenters. The fraction of sp³-hybridized carbons (Fsp3) is 0.520. The maximum absolute atomic E-state index is 12.7. The van der Waals surface area contributed by atoms with Crippen molar-refractivity contribution in [3.8, 4) is 0 Å². The van der Waals surface area contributed by atoms with E-state index in [2.05, 4.69) is 57.0 Å². The van der Waals surface area contributed by atoms with Crippen LogP contribution < -0.4 is 15.1 Å². The molecule has 1 amide bonds. The van der Waals surface area contributed by atoms with Gasteiger partial charge in [-0.2, -0.15) is 0 Å². The summed E-state index contributed by atoms with van der Waals surface area (Å²) in [4.78, 5) is 24.1. The molecule has 1 N–H and O–H groups in total. The summed E-state index contributed by atoms with van der Waals surface area (Å²) in [7, 11) is 0. The van der Waals surface area contributed by atoms with Crippen LogP contribution in [0.5, 0.6) is 0 Å². The Kier molecular flexibility index (Phi) is 7.07. The molecule has 2 aliphatic rings. The molecular formula is C25H35N5O. The highest BCUT2D eigenvalue weighted by Gasteiger charge is 2.26. The molecule has 6 heteroatoms. The van der Waals surface area contributed by atoms with Gasteiger partial charge in [0.15, 0.2) is 0 Å². The molecule has 0 unspecified atom stereocenters. The first kappa shape index (κ1) is 21.6. The molecule has 0 spiro atoms. The van der Waals surface area contributed by atoms with E-state index in [0.29, 0.717) is 0 Å². The summed E-state index contributed by atoms with van der Waals surface area (Å²) in [5, 5.41) is 3.20. The maximum Gasteiger partial charge on any atom is 0.224 e. The van der Waals surface area contributed by atoms with E-state index in [1.165, 1.54) is 16.8 Å². The van der Waals surface area contributed by atoms with Gasteiger partial charge in [0.25, 0.3) is 0 Å². The third-order valence-electron chi connectivity index (χ3n) is 6.84. The number of piperazine rings is 1. The van der Waals surface area contributed by atoms with Gasteiger partial charge in [0, 0.05) is 76.1 Å². The van der Waals surface area contributed by atoms with Gasteiger partial charge in [-0.05, 0) is 56.0 Å². The molecule has 166 valence electrons. The lowest BCUT2D eigenvalue weighted by Gasteiger charge is -2.37. The van der Waals surface area contributed by atoms with Crippen molar-refractivity contribution in [1.29, 1.82) is 0 Å². The second kappa shape index (κ2) is 10.1. The predicted octanol–water partition coefficient (Wildman–Crippen LogP) is 2.85. The normalized spacial score (nSPS) is 20.0. The smallest absolute Gasteiger partial charge is 0.224 e. The summed E-state index contributed by atoms with van der Waals surface area (Å²) < 4.78 is 0. The Morgan fingerprint density at radius 1 is 1.03 bits per heavy atom. The van der Waals surface area contributed by atoms with Gasteiger partial charge >= 0.3 is 0 Å². The summed E-state index contributed by atoms with van der Waals surface area (Å²) in [5.41, 5.74) is 5.27. The molecule has 2 saturated heterocycles. The zero-order valence-electron chi connectivity index (χ0n) is 18.9. The van der Waals surface area contributed by atoms with E-state index in [1.807, 2.05) is 24.5 Å². The van der Waals surface area contributed by atoms with Crippen molar-refractivity contribution in [2.75, 3.05) is 62.2 Å². The Morgan fingerprint density at radius 2 is 1.81 bits per heavy atom. The minimum Gasteiger partial charge on any atom is -0.371 e. The fourth-order valence-electron chi connectivity index (χ4n) is 4.75. The lowest BCUT2D eigenvalue weighted by molar-refractivity contribution is -0.125. The van der Waals surface area contributed by atoms with Crippen LogP contribution in [0, 0.1) is 19.8 Å². The second-order valence-corrected chi connectivity index (χ2v) is 8.83. The standard InChI is InChI=1S/C25H35N5O/c1-20-5-3-7-24(21(20)2)29-17-15-28(16-18-29)14-12-27-25(31)22-6-4-13-30(19-22)23-8-10-26-11-9-23/h3,5,7-11,22H,4,6,12-19H2,1-2H3,(H,27,31)/t22-/m1/s1. The van der Waals surface area contributed by atoms with E-state index in [-0.39, 0.29) is 11.8 Å². The number of hydrogen-bond acceptors (Lipinski definition) is 5. The van der Waals surface area contributed by atoms with Crippen molar-refractivity contribution in [3.63, 3.8) is 0 Å². The van der Waals surface area contributed by atoms with Crippen molar-refractivity contribution >= 4 is 17.3 Å². The highest BCUT2D eigenvalue weighted by molar-refractivity contribution is 5.79. The number of carbonyl (C=O) groups is 1. The number of aromatic nitrogens is 1. The van der Waals surface area contributed by atoms with Crippen LogP contribution in [0.2, 0.25) is 0 Å². The van der Waals surface area contributed by atoms with Gasteiger partial charge < -0.3 is 15.1 Å². The Bertz CT molecular complexity index is 863. The zero-order valence-corrected chi connectivity index (χ0v) is 18.9. The van der Waals surface area contributed by atoms with E-state index in [1.54, 1.807) is 0 Å². The molecule has 2 aliphatic heterocycles. The number of hydrogen-bond donors (Lipinski definition) is 1. The van der Waals surface area contributed by atoms with E-state index in [9.17, 15) is 4.79 Å². The molecule has 2 fully saturated rings. The quantitative estimate of drug-likeness (QED) is 0.777. The summed E-state index contributed by atoms with van der Waals surface area (Å²) in [6.07, 6.45) is 5.67. The molecule has 4 rings (SSSR count). The molecule has 0 saturated carbocycles. The highest BCUT2D eigenvalue weighted by Crippen LogP contribution is 2.24. The average Bonchev–Trinajstić information content (AvgIpc) is 2.82. The Morgan fingerprint density at radius 3 is 2.58 bits per heavy atom. The Hall–Kier alpha value is -2.60. The van der Waals surface area contributed by atoms with Crippen LogP contribution in [0.3, 0.4) is 0 Å². The summed E-state index contributed by atoms with van der Waals surface area (Å²) in [6, 6.07) is 10.6. The number of anilines is 2. The lowest BCUT2D eigenvalue weighted by Crippen LogP contribution is -2.49. The number of amides is 1. The summed E-state index contributed by atoms with van der Waals surface area (Å²) in [5.74, 6) is 0.274. The SMILES string of the molecule is Cc1cccc(N2CCN(CCNC(=O)[C@@H]3CCCN(c4ccncc4)C3)CC2)c1C. The van der Waals surface area contributed by atoms with Crippen LogP contribution in [-0.4, -0.2) is 68.1 Å². The first-order valence-electron chi connectivity index (χ1n) is 11.6. The van der Waals surface area contributed by atoms with E-state index >= 15 is 0 Å². The second-order valence-electron chi connectivity index (χ2n) is 8.83. The van der Waals surface area contributed by atoms with Gasteiger partial charge in [-0.15, -0.1) is 0 Å². The lowest BCUT2D eigenvalue weighted by atomic mass is 9.96. The van der Waals surface area contributed by atoms with Gasteiger partial charge in [0.1, 0.15) is 0 Å².